The van der Waals surface area contributed by atoms with Gasteiger partial charge in [-0.1, -0.05) is 17.8 Å². The monoisotopic (exact) mass is 287 g/mol. The first kappa shape index (κ1) is 13.2. The molecule has 0 saturated carbocycles. The van der Waals surface area contributed by atoms with Crippen molar-refractivity contribution >= 4 is 17.6 Å². The highest BCUT2D eigenvalue weighted by atomic mass is 32.2. The zero-order valence-corrected chi connectivity index (χ0v) is 12.5. The number of fused-ring (bicyclic) bond motifs is 1. The van der Waals surface area contributed by atoms with Crippen molar-refractivity contribution in [1.82, 2.24) is 9.97 Å². The molecule has 0 saturated heterocycles. The molecular weight excluding hydrogens is 270 g/mol. The molecule has 2 aromatic rings. The topological polar surface area (TPSA) is 47.0 Å². The van der Waals surface area contributed by atoms with Crippen molar-refractivity contribution in [2.45, 2.75) is 24.4 Å². The van der Waals surface area contributed by atoms with Gasteiger partial charge < -0.3 is 10.1 Å². The van der Waals surface area contributed by atoms with Crippen LogP contribution in [0.25, 0.3) is 0 Å². The van der Waals surface area contributed by atoms with Crippen molar-refractivity contribution in [3.63, 3.8) is 0 Å². The van der Waals surface area contributed by atoms with Crippen molar-refractivity contribution in [3.05, 3.63) is 35.4 Å². The molecule has 1 aliphatic carbocycles. The summed E-state index contributed by atoms with van der Waals surface area (Å²) in [6, 6.07) is 8.12. The summed E-state index contributed by atoms with van der Waals surface area (Å²) in [5.74, 6) is 2.19. The number of benzene rings is 1. The molecule has 0 atom stereocenters. The van der Waals surface area contributed by atoms with Crippen LogP contribution in [0, 0.1) is 0 Å². The molecule has 0 spiro atoms. The number of anilines is 1. The van der Waals surface area contributed by atoms with Crippen molar-refractivity contribution in [1.29, 1.82) is 0 Å². The summed E-state index contributed by atoms with van der Waals surface area (Å²) in [6.45, 7) is 0. The molecule has 3 rings (SSSR count). The number of hydrogen-bond donors (Lipinski definition) is 1. The summed E-state index contributed by atoms with van der Waals surface area (Å²) in [5, 5.41) is 3.73. The number of thioether (sulfide) groups is 1. The molecule has 4 nitrogen and oxygen atoms in total. The SMILES string of the molecule is CNc1cc(Oc2ccc3c(c2)CCC3)nc(SC)n1. The van der Waals surface area contributed by atoms with E-state index in [0.717, 1.165) is 18.0 Å². The van der Waals surface area contributed by atoms with Crippen molar-refractivity contribution in [3.8, 4) is 11.6 Å². The van der Waals surface area contributed by atoms with Gasteiger partial charge in [-0.3, -0.25) is 0 Å². The first-order valence-corrected chi connectivity index (χ1v) is 7.91. The third-order valence-electron chi connectivity index (χ3n) is 3.41. The van der Waals surface area contributed by atoms with E-state index in [9.17, 15) is 0 Å². The van der Waals surface area contributed by atoms with E-state index in [2.05, 4.69) is 27.4 Å². The zero-order valence-electron chi connectivity index (χ0n) is 11.6. The average Bonchev–Trinajstić information content (AvgIpc) is 2.94. The first-order chi connectivity index (χ1) is 9.78. The summed E-state index contributed by atoms with van der Waals surface area (Å²) < 4.78 is 5.88. The quantitative estimate of drug-likeness (QED) is 0.688. The predicted octanol–water partition coefficient (Wildman–Crippen LogP) is 3.52. The number of nitrogens with zero attached hydrogens (tertiary/aromatic N) is 2. The number of ether oxygens (including phenoxy) is 1. The Morgan fingerprint density at radius 1 is 1.15 bits per heavy atom. The molecule has 1 aliphatic rings. The minimum atomic E-state index is 0.576. The van der Waals surface area contributed by atoms with E-state index < -0.39 is 0 Å². The third kappa shape index (κ3) is 2.72. The second-order valence-electron chi connectivity index (χ2n) is 4.71. The molecule has 0 amide bonds. The van der Waals surface area contributed by atoms with Gasteiger partial charge in [-0.15, -0.1) is 0 Å². The highest BCUT2D eigenvalue weighted by Crippen LogP contribution is 2.29. The second kappa shape index (κ2) is 5.71. The van der Waals surface area contributed by atoms with Crippen LogP contribution in [0.4, 0.5) is 5.82 Å². The van der Waals surface area contributed by atoms with Gasteiger partial charge in [0.05, 0.1) is 0 Å². The lowest BCUT2D eigenvalue weighted by Gasteiger charge is -2.09. The van der Waals surface area contributed by atoms with Crippen LogP contribution in [0.2, 0.25) is 0 Å². The summed E-state index contributed by atoms with van der Waals surface area (Å²) in [5.41, 5.74) is 2.84. The Labute approximate surface area is 123 Å². The van der Waals surface area contributed by atoms with Gasteiger partial charge >= 0.3 is 0 Å². The van der Waals surface area contributed by atoms with Gasteiger partial charge in [-0.25, -0.2) is 4.98 Å². The first-order valence-electron chi connectivity index (χ1n) is 6.69. The maximum Gasteiger partial charge on any atom is 0.225 e. The molecule has 0 aliphatic heterocycles. The van der Waals surface area contributed by atoms with E-state index in [1.165, 1.54) is 35.7 Å². The summed E-state index contributed by atoms with van der Waals surface area (Å²) >= 11 is 1.50. The van der Waals surface area contributed by atoms with Crippen molar-refractivity contribution in [2.24, 2.45) is 0 Å². The molecule has 0 bridgehead atoms. The normalized spacial score (nSPS) is 13.1. The standard InChI is InChI=1S/C15H17N3OS/c1-16-13-9-14(18-15(17-13)20-2)19-12-7-6-10-4-3-5-11(10)8-12/h6-9H,3-5H2,1-2H3,(H,16,17,18). The Morgan fingerprint density at radius 3 is 2.80 bits per heavy atom. The summed E-state index contributed by atoms with van der Waals surface area (Å²) in [6.07, 6.45) is 5.53. The fourth-order valence-electron chi connectivity index (χ4n) is 2.41. The van der Waals surface area contributed by atoms with Gasteiger partial charge in [0.25, 0.3) is 0 Å². The number of hydrogen-bond acceptors (Lipinski definition) is 5. The molecule has 0 radical (unpaired) electrons. The molecule has 5 heteroatoms. The van der Waals surface area contributed by atoms with Gasteiger partial charge in [0.15, 0.2) is 5.16 Å². The molecule has 1 aromatic carbocycles. The molecule has 1 heterocycles. The third-order valence-corrected chi connectivity index (χ3v) is 3.96. The molecule has 0 unspecified atom stereocenters. The lowest BCUT2D eigenvalue weighted by atomic mass is 10.1. The maximum absolute atomic E-state index is 5.88. The molecular formula is C15H17N3OS. The summed E-state index contributed by atoms with van der Waals surface area (Å²) in [7, 11) is 1.84. The van der Waals surface area contributed by atoms with E-state index in [1.54, 1.807) is 0 Å². The highest BCUT2D eigenvalue weighted by Gasteiger charge is 2.12. The van der Waals surface area contributed by atoms with Crippen LogP contribution in [0.5, 0.6) is 11.6 Å². The Morgan fingerprint density at radius 2 is 2.00 bits per heavy atom. The summed E-state index contributed by atoms with van der Waals surface area (Å²) in [4.78, 5) is 8.71. The van der Waals surface area contributed by atoms with Gasteiger partial charge in [-0.05, 0) is 48.8 Å². The average molecular weight is 287 g/mol. The predicted molar refractivity (Wildman–Crippen MR) is 81.9 cm³/mol. The van der Waals surface area contributed by atoms with Crippen LogP contribution in [-0.2, 0) is 12.8 Å². The zero-order chi connectivity index (χ0) is 13.9. The van der Waals surface area contributed by atoms with Crippen LogP contribution in [-0.4, -0.2) is 23.3 Å². The molecule has 104 valence electrons. The lowest BCUT2D eigenvalue weighted by molar-refractivity contribution is 0.455. The fourth-order valence-corrected chi connectivity index (χ4v) is 2.78. The Kier molecular flexibility index (Phi) is 3.78. The number of rotatable bonds is 4. The largest absolute Gasteiger partial charge is 0.439 e. The smallest absolute Gasteiger partial charge is 0.225 e. The van der Waals surface area contributed by atoms with E-state index in [4.69, 9.17) is 4.74 Å². The minimum absolute atomic E-state index is 0.576. The van der Waals surface area contributed by atoms with Crippen molar-refractivity contribution in [2.75, 3.05) is 18.6 Å². The van der Waals surface area contributed by atoms with Gasteiger partial charge in [0.2, 0.25) is 5.88 Å². The van der Waals surface area contributed by atoms with Crippen LogP contribution in [0.15, 0.2) is 29.4 Å². The highest BCUT2D eigenvalue weighted by molar-refractivity contribution is 7.98. The van der Waals surface area contributed by atoms with E-state index in [0.29, 0.717) is 11.0 Å². The van der Waals surface area contributed by atoms with E-state index in [1.807, 2.05) is 25.4 Å². The van der Waals surface area contributed by atoms with Crippen LogP contribution in [0.1, 0.15) is 17.5 Å². The van der Waals surface area contributed by atoms with Gasteiger partial charge in [0.1, 0.15) is 11.6 Å². The molecule has 1 aromatic heterocycles. The molecule has 0 fully saturated rings. The van der Waals surface area contributed by atoms with E-state index in [-0.39, 0.29) is 0 Å². The molecule has 1 N–H and O–H groups in total. The lowest BCUT2D eigenvalue weighted by Crippen LogP contribution is -1.98. The van der Waals surface area contributed by atoms with Crippen LogP contribution >= 0.6 is 11.8 Å². The number of aromatic nitrogens is 2. The Hall–Kier alpha value is -1.75. The minimum Gasteiger partial charge on any atom is -0.439 e. The Balaban J connectivity index is 1.87. The second-order valence-corrected chi connectivity index (χ2v) is 5.49. The van der Waals surface area contributed by atoms with Gasteiger partial charge in [-0.2, -0.15) is 4.98 Å². The van der Waals surface area contributed by atoms with E-state index >= 15 is 0 Å². The maximum atomic E-state index is 5.88. The van der Waals surface area contributed by atoms with Crippen LogP contribution < -0.4 is 10.1 Å². The number of nitrogens with one attached hydrogen (secondary N) is 1. The van der Waals surface area contributed by atoms with Crippen molar-refractivity contribution < 1.29 is 4.74 Å². The van der Waals surface area contributed by atoms with Gasteiger partial charge in [0, 0.05) is 13.1 Å². The van der Waals surface area contributed by atoms with Crippen LogP contribution in [0.3, 0.4) is 0 Å². The number of aryl methyl sites for hydroxylation is 2. The fraction of sp³-hybridized carbons (Fsp3) is 0.333. The Bertz CT molecular complexity index is 608. The molecule has 20 heavy (non-hydrogen) atoms.